The molecule has 134 valence electrons. The zero-order valence-electron chi connectivity index (χ0n) is 15.8. The molecule has 0 spiro atoms. The van der Waals surface area contributed by atoms with Crippen molar-refractivity contribution in [2.75, 3.05) is 14.1 Å². The van der Waals surface area contributed by atoms with Gasteiger partial charge in [0.1, 0.15) is 5.75 Å². The summed E-state index contributed by atoms with van der Waals surface area (Å²) in [6.45, 7) is 5.96. The lowest BCUT2D eigenvalue weighted by Crippen LogP contribution is -2.28. The van der Waals surface area contributed by atoms with Gasteiger partial charge in [-0.3, -0.25) is 4.79 Å². The molecule has 0 bridgehead atoms. The number of rotatable bonds is 5. The topological polar surface area (TPSA) is 40.5 Å². The molecule has 1 aromatic heterocycles. The Balaban J connectivity index is 1.74. The van der Waals surface area contributed by atoms with E-state index in [0.29, 0.717) is 18.2 Å². The second-order valence-corrected chi connectivity index (χ2v) is 8.70. The highest BCUT2D eigenvalue weighted by Gasteiger charge is 2.30. The Morgan fingerprint density at radius 1 is 1.16 bits per heavy atom. The summed E-state index contributed by atoms with van der Waals surface area (Å²) in [5.74, 6) is 0.619. The van der Waals surface area contributed by atoms with Gasteiger partial charge in [0.05, 0.1) is 4.88 Å². The highest BCUT2D eigenvalue weighted by molar-refractivity contribution is 7.14. The minimum atomic E-state index is 0.261. The first-order chi connectivity index (χ1) is 11.8. The number of carbonyl (C=O) groups is 1. The maximum atomic E-state index is 12.9. The number of fused-ring (bicyclic) bond motifs is 1. The molecule has 25 heavy (non-hydrogen) atoms. The summed E-state index contributed by atoms with van der Waals surface area (Å²) in [5.41, 5.74) is 5.58. The van der Waals surface area contributed by atoms with Gasteiger partial charge in [-0.15, -0.1) is 11.3 Å². The summed E-state index contributed by atoms with van der Waals surface area (Å²) < 4.78 is 0. The van der Waals surface area contributed by atoms with Crippen LogP contribution in [0.1, 0.15) is 48.8 Å². The molecule has 3 nitrogen and oxygen atoms in total. The first-order valence-corrected chi connectivity index (χ1v) is 9.69. The van der Waals surface area contributed by atoms with Crippen molar-refractivity contribution < 1.29 is 9.90 Å². The summed E-state index contributed by atoms with van der Waals surface area (Å²) in [5, 5.41) is 9.90. The number of ketones is 1. The molecular formula is C21H27NO2S. The number of Topliss-reactive ketones (excluding diaryl/α,β-unsaturated/α-hetero) is 1. The SMILES string of the molecule is Cc1cc(CCC(=O)c2sc(C)c3c2C[C@@H](N(C)C)C3)cc(C)c1O. The molecule has 3 rings (SSSR count). The van der Waals surface area contributed by atoms with Crippen molar-refractivity contribution >= 4 is 17.1 Å². The molecule has 1 heterocycles. The van der Waals surface area contributed by atoms with Crippen LogP contribution in [0.2, 0.25) is 0 Å². The van der Waals surface area contributed by atoms with Crippen LogP contribution in [0, 0.1) is 20.8 Å². The van der Waals surface area contributed by atoms with E-state index in [0.717, 1.165) is 40.8 Å². The third-order valence-electron chi connectivity index (χ3n) is 5.37. The van der Waals surface area contributed by atoms with Crippen LogP contribution in [0.3, 0.4) is 0 Å². The van der Waals surface area contributed by atoms with Crippen molar-refractivity contribution in [3.8, 4) is 5.75 Å². The summed E-state index contributed by atoms with van der Waals surface area (Å²) in [7, 11) is 4.23. The van der Waals surface area contributed by atoms with Gasteiger partial charge < -0.3 is 10.0 Å². The van der Waals surface area contributed by atoms with Crippen molar-refractivity contribution in [1.29, 1.82) is 0 Å². The highest BCUT2D eigenvalue weighted by Crippen LogP contribution is 2.37. The Hall–Kier alpha value is -1.65. The minimum Gasteiger partial charge on any atom is -0.507 e. The number of phenols is 1. The second kappa shape index (κ2) is 6.93. The fourth-order valence-electron chi connectivity index (χ4n) is 3.80. The van der Waals surface area contributed by atoms with Gasteiger partial charge in [-0.05, 0) is 81.9 Å². The summed E-state index contributed by atoms with van der Waals surface area (Å²) in [4.78, 5) is 17.4. The summed E-state index contributed by atoms with van der Waals surface area (Å²) >= 11 is 1.67. The maximum Gasteiger partial charge on any atom is 0.173 e. The minimum absolute atomic E-state index is 0.261. The van der Waals surface area contributed by atoms with Crippen molar-refractivity contribution in [3.05, 3.63) is 49.7 Å². The Morgan fingerprint density at radius 3 is 2.36 bits per heavy atom. The third kappa shape index (κ3) is 3.51. The number of hydrogen-bond donors (Lipinski definition) is 1. The molecule has 1 aromatic carbocycles. The number of nitrogens with zero attached hydrogens (tertiary/aromatic N) is 1. The van der Waals surface area contributed by atoms with Crippen molar-refractivity contribution in [3.63, 3.8) is 0 Å². The molecular weight excluding hydrogens is 330 g/mol. The number of aromatic hydroxyl groups is 1. The standard InChI is InChI=1S/C21H27NO2S/c1-12-8-15(9-13(2)20(12)24)6-7-19(23)21-18-11-16(22(4)5)10-17(18)14(3)25-21/h8-9,16,24H,6-7,10-11H2,1-5H3/t16-/m0/s1. The average molecular weight is 358 g/mol. The Morgan fingerprint density at radius 2 is 1.76 bits per heavy atom. The second-order valence-electron chi connectivity index (χ2n) is 7.47. The van der Waals surface area contributed by atoms with E-state index in [4.69, 9.17) is 0 Å². The summed E-state index contributed by atoms with van der Waals surface area (Å²) in [6.07, 6.45) is 3.31. The largest absolute Gasteiger partial charge is 0.507 e. The van der Waals surface area contributed by atoms with Crippen LogP contribution in [0.5, 0.6) is 5.75 Å². The molecule has 0 radical (unpaired) electrons. The van der Waals surface area contributed by atoms with Gasteiger partial charge in [0, 0.05) is 17.3 Å². The van der Waals surface area contributed by atoms with Crippen molar-refractivity contribution in [2.45, 2.75) is 52.5 Å². The van der Waals surface area contributed by atoms with Crippen molar-refractivity contribution in [1.82, 2.24) is 4.90 Å². The number of phenolic OH excluding ortho intramolecular Hbond substituents is 1. The number of aryl methyl sites for hydroxylation is 4. The van der Waals surface area contributed by atoms with Crippen LogP contribution in [-0.4, -0.2) is 35.9 Å². The Bertz CT molecular complexity index is 797. The monoisotopic (exact) mass is 357 g/mol. The first kappa shape index (κ1) is 18.2. The van der Waals surface area contributed by atoms with E-state index in [9.17, 15) is 9.90 Å². The molecule has 0 unspecified atom stereocenters. The summed E-state index contributed by atoms with van der Waals surface area (Å²) in [6, 6.07) is 4.50. The quantitative estimate of drug-likeness (QED) is 0.815. The molecule has 1 aliphatic carbocycles. The van der Waals surface area contributed by atoms with Crippen LogP contribution in [0.25, 0.3) is 0 Å². The van der Waals surface area contributed by atoms with Gasteiger partial charge in [0.15, 0.2) is 5.78 Å². The van der Waals surface area contributed by atoms with Gasteiger partial charge in [-0.2, -0.15) is 0 Å². The zero-order valence-corrected chi connectivity index (χ0v) is 16.6. The molecule has 0 amide bonds. The maximum absolute atomic E-state index is 12.9. The Kier molecular flexibility index (Phi) is 5.03. The molecule has 2 aromatic rings. The van der Waals surface area contributed by atoms with Gasteiger partial charge in [-0.25, -0.2) is 0 Å². The van der Waals surface area contributed by atoms with E-state index in [-0.39, 0.29) is 5.78 Å². The average Bonchev–Trinajstić information content (AvgIpc) is 3.11. The predicted octanol–water partition coefficient (Wildman–Crippen LogP) is 4.22. The smallest absolute Gasteiger partial charge is 0.173 e. The zero-order chi connectivity index (χ0) is 18.3. The highest BCUT2D eigenvalue weighted by atomic mass is 32.1. The molecule has 4 heteroatoms. The molecule has 0 saturated heterocycles. The fourth-order valence-corrected chi connectivity index (χ4v) is 4.99. The number of carbonyl (C=O) groups excluding carboxylic acids is 1. The number of thiophene rings is 1. The fraction of sp³-hybridized carbons (Fsp3) is 0.476. The van der Waals surface area contributed by atoms with E-state index in [2.05, 4.69) is 25.9 Å². The lowest BCUT2D eigenvalue weighted by atomic mass is 10.00. The van der Waals surface area contributed by atoms with Crippen LogP contribution >= 0.6 is 11.3 Å². The molecule has 1 aliphatic rings. The van der Waals surface area contributed by atoms with Gasteiger partial charge in [0.2, 0.25) is 0 Å². The first-order valence-electron chi connectivity index (χ1n) is 8.87. The van der Waals surface area contributed by atoms with Gasteiger partial charge >= 0.3 is 0 Å². The number of likely N-dealkylation sites (N-methyl/N-ethyl adjacent to an activating group) is 1. The molecule has 1 atom stereocenters. The lowest BCUT2D eigenvalue weighted by molar-refractivity contribution is 0.0986. The Labute approximate surface area is 154 Å². The molecule has 0 saturated carbocycles. The molecule has 0 fully saturated rings. The van der Waals surface area contributed by atoms with E-state index in [1.54, 1.807) is 11.3 Å². The van der Waals surface area contributed by atoms with Crippen LogP contribution < -0.4 is 0 Å². The lowest BCUT2D eigenvalue weighted by Gasteiger charge is -2.18. The van der Waals surface area contributed by atoms with Crippen LogP contribution in [-0.2, 0) is 19.3 Å². The predicted molar refractivity (Wildman–Crippen MR) is 104 cm³/mol. The van der Waals surface area contributed by atoms with E-state index in [1.165, 1.54) is 16.0 Å². The van der Waals surface area contributed by atoms with E-state index < -0.39 is 0 Å². The van der Waals surface area contributed by atoms with Gasteiger partial charge in [-0.1, -0.05) is 12.1 Å². The van der Waals surface area contributed by atoms with E-state index in [1.807, 2.05) is 26.0 Å². The third-order valence-corrected chi connectivity index (χ3v) is 6.60. The molecule has 0 aliphatic heterocycles. The van der Waals surface area contributed by atoms with E-state index >= 15 is 0 Å². The molecule has 1 N–H and O–H groups in total. The normalized spacial score (nSPS) is 16.5. The van der Waals surface area contributed by atoms with Crippen molar-refractivity contribution in [2.24, 2.45) is 0 Å². The van der Waals surface area contributed by atoms with Crippen LogP contribution in [0.4, 0.5) is 0 Å². The number of benzene rings is 1. The number of hydrogen-bond acceptors (Lipinski definition) is 4. The van der Waals surface area contributed by atoms with Gasteiger partial charge in [0.25, 0.3) is 0 Å². The van der Waals surface area contributed by atoms with Crippen LogP contribution in [0.15, 0.2) is 12.1 Å².